The Balaban J connectivity index is 2.72. The molecule has 0 spiro atoms. The Morgan fingerprint density at radius 3 is 2.82 bits per heavy atom. The van der Waals surface area contributed by atoms with Crippen LogP contribution in [-0.2, 0) is 4.74 Å². The van der Waals surface area contributed by atoms with Crippen LogP contribution in [0.5, 0.6) is 4.62 Å². The van der Waals surface area contributed by atoms with Crippen LogP contribution in [0.25, 0.3) is 9.65 Å². The summed E-state index contributed by atoms with van der Waals surface area (Å²) in [6, 6.07) is 6.98. The molecule has 2 aromatic rings. The fourth-order valence-electron chi connectivity index (χ4n) is 1.51. The van der Waals surface area contributed by atoms with Gasteiger partial charge in [-0.2, -0.15) is 0 Å². The molecular weight excluding hydrogens is 287 g/mol. The van der Waals surface area contributed by atoms with Crippen LogP contribution in [-0.4, -0.2) is 32.2 Å². The van der Waals surface area contributed by atoms with E-state index in [9.17, 15) is 14.7 Å². The average molecular weight is 297 g/mol. The van der Waals surface area contributed by atoms with Crippen LogP contribution >= 0.6 is 0 Å². The number of esters is 1. The first-order valence-corrected chi connectivity index (χ1v) is 6.78. The second-order valence-electron chi connectivity index (χ2n) is 3.33. The van der Waals surface area contributed by atoms with Gasteiger partial charge in [-0.05, 0) is 0 Å². The summed E-state index contributed by atoms with van der Waals surface area (Å²) in [6.45, 7) is 1.83. The van der Waals surface area contributed by atoms with Gasteiger partial charge >= 0.3 is 103 Å². The van der Waals surface area contributed by atoms with Gasteiger partial charge in [-0.25, -0.2) is 0 Å². The molecule has 0 amide bonds. The molecule has 17 heavy (non-hydrogen) atoms. The summed E-state index contributed by atoms with van der Waals surface area (Å²) in [4.78, 5) is 23.6. The van der Waals surface area contributed by atoms with Gasteiger partial charge in [-0.15, -0.1) is 0 Å². The average Bonchev–Trinajstić information content (AvgIpc) is 2.29. The van der Waals surface area contributed by atoms with E-state index in [0.29, 0.717) is 5.39 Å². The van der Waals surface area contributed by atoms with Gasteiger partial charge < -0.3 is 0 Å². The molecule has 0 aliphatic heterocycles. The van der Waals surface area contributed by atoms with Crippen LogP contribution in [0.15, 0.2) is 29.1 Å². The molecule has 0 unspecified atom stereocenters. The van der Waals surface area contributed by atoms with Crippen molar-refractivity contribution in [2.75, 3.05) is 6.61 Å². The first kappa shape index (κ1) is 11.9. The van der Waals surface area contributed by atoms with E-state index >= 15 is 0 Å². The molecule has 0 radical (unpaired) electrons. The molecule has 0 aliphatic carbocycles. The molecule has 1 heterocycles. The zero-order valence-electron chi connectivity index (χ0n) is 9.10. The van der Waals surface area contributed by atoms with Crippen molar-refractivity contribution in [1.29, 1.82) is 0 Å². The molecule has 0 saturated heterocycles. The number of carbonyl (C=O) groups is 1. The Labute approximate surface area is 103 Å². The summed E-state index contributed by atoms with van der Waals surface area (Å²) >= 11 is -0.410. The van der Waals surface area contributed by atoms with E-state index in [0.717, 1.165) is 4.26 Å². The molecule has 2 rings (SSSR count). The second-order valence-corrected chi connectivity index (χ2v) is 5.49. The Kier molecular flexibility index (Phi) is 3.31. The van der Waals surface area contributed by atoms with E-state index in [1.165, 1.54) is 0 Å². The summed E-state index contributed by atoms with van der Waals surface area (Å²) in [7, 11) is 0. The number of carbonyl (C=O) groups excluding carboxylic acids is 1. The van der Waals surface area contributed by atoms with Gasteiger partial charge in [0, 0.05) is 0 Å². The van der Waals surface area contributed by atoms with E-state index in [1.54, 1.807) is 31.2 Å². The van der Waals surface area contributed by atoms with Crippen molar-refractivity contribution in [2.24, 2.45) is 0 Å². The third kappa shape index (κ3) is 2.12. The van der Waals surface area contributed by atoms with Gasteiger partial charge in [0.2, 0.25) is 0 Å². The first-order chi connectivity index (χ1) is 8.15. The van der Waals surface area contributed by atoms with E-state index in [1.807, 2.05) is 0 Å². The predicted molar refractivity (Wildman–Crippen MR) is 64.8 cm³/mol. The molecule has 1 aromatic heterocycles. The van der Waals surface area contributed by atoms with Gasteiger partial charge in [-0.3, -0.25) is 0 Å². The second kappa shape index (κ2) is 4.73. The maximum atomic E-state index is 12.0. The summed E-state index contributed by atoms with van der Waals surface area (Å²) in [5.41, 5.74) is -0.671. The van der Waals surface area contributed by atoms with Gasteiger partial charge in [0.1, 0.15) is 0 Å². The molecular formula is C12H10O4Se. The molecule has 0 saturated carbocycles. The number of rotatable bonds is 2. The number of aromatic hydroxyl groups is 1. The molecule has 88 valence electrons. The van der Waals surface area contributed by atoms with Crippen LogP contribution in [0.3, 0.4) is 0 Å². The fraction of sp³-hybridized carbons (Fsp3) is 0.167. The van der Waals surface area contributed by atoms with Crippen LogP contribution in [0, 0.1) is 0 Å². The van der Waals surface area contributed by atoms with Gasteiger partial charge in [0.25, 0.3) is 0 Å². The van der Waals surface area contributed by atoms with E-state index in [4.69, 9.17) is 4.74 Å². The van der Waals surface area contributed by atoms with Crippen LogP contribution < -0.4 is 5.43 Å². The predicted octanol–water partition coefficient (Wildman–Crippen LogP) is 1.14. The number of hydrogen-bond donors (Lipinski definition) is 1. The molecule has 0 bridgehead atoms. The standard InChI is InChI=1S/C12H10O4Se/c1-2-16-11(14)9-10(13)7-5-3-4-6-8(7)17-12(9)15/h3-6,15H,2H2,1H3. The quantitative estimate of drug-likeness (QED) is 0.667. The Hall–Kier alpha value is -1.58. The van der Waals surface area contributed by atoms with Crippen LogP contribution in [0.1, 0.15) is 17.3 Å². The summed E-state index contributed by atoms with van der Waals surface area (Å²) in [5, 5.41) is 10.2. The van der Waals surface area contributed by atoms with Crippen LogP contribution in [0.4, 0.5) is 0 Å². The van der Waals surface area contributed by atoms with Gasteiger partial charge in [0.05, 0.1) is 0 Å². The molecule has 4 nitrogen and oxygen atoms in total. The summed E-state index contributed by atoms with van der Waals surface area (Å²) in [5.74, 6) is -0.744. The SMILES string of the molecule is CCOC(=O)c1c(O)[se]c2ccccc2c1=O. The van der Waals surface area contributed by atoms with Crippen molar-refractivity contribution in [3.8, 4) is 4.62 Å². The van der Waals surface area contributed by atoms with Crippen molar-refractivity contribution in [2.45, 2.75) is 6.92 Å². The van der Waals surface area contributed by atoms with Crippen molar-refractivity contribution >= 4 is 30.1 Å². The third-order valence-corrected chi connectivity index (χ3v) is 4.30. The minimum absolute atomic E-state index is 0.153. The zero-order chi connectivity index (χ0) is 12.4. The van der Waals surface area contributed by atoms with Gasteiger partial charge in [-0.1, -0.05) is 0 Å². The maximum absolute atomic E-state index is 12.0. The first-order valence-electron chi connectivity index (χ1n) is 5.07. The topological polar surface area (TPSA) is 63.6 Å². The molecule has 5 heteroatoms. The molecule has 1 aromatic carbocycles. The van der Waals surface area contributed by atoms with Crippen molar-refractivity contribution in [3.63, 3.8) is 0 Å². The van der Waals surface area contributed by atoms with Crippen molar-refractivity contribution in [3.05, 3.63) is 40.1 Å². The fourth-order valence-corrected chi connectivity index (χ4v) is 3.41. The zero-order valence-corrected chi connectivity index (χ0v) is 10.8. The Morgan fingerprint density at radius 2 is 2.12 bits per heavy atom. The minimum atomic E-state index is -0.744. The number of fused-ring (bicyclic) bond motifs is 1. The normalized spacial score (nSPS) is 10.4. The van der Waals surface area contributed by atoms with Crippen molar-refractivity contribution in [1.82, 2.24) is 0 Å². The summed E-state index contributed by atoms with van der Waals surface area (Å²) < 4.78 is 5.40. The Morgan fingerprint density at radius 1 is 1.41 bits per heavy atom. The number of hydrogen-bond acceptors (Lipinski definition) is 4. The molecule has 0 atom stereocenters. The van der Waals surface area contributed by atoms with E-state index < -0.39 is 25.9 Å². The van der Waals surface area contributed by atoms with E-state index in [2.05, 4.69) is 0 Å². The monoisotopic (exact) mass is 298 g/mol. The van der Waals surface area contributed by atoms with Crippen LogP contribution in [0.2, 0.25) is 0 Å². The third-order valence-electron chi connectivity index (χ3n) is 2.26. The summed E-state index contributed by atoms with van der Waals surface area (Å²) in [6.07, 6.45) is 0. The van der Waals surface area contributed by atoms with Crippen molar-refractivity contribution < 1.29 is 14.6 Å². The Bertz CT molecular complexity index is 630. The van der Waals surface area contributed by atoms with Gasteiger partial charge in [0.15, 0.2) is 0 Å². The molecule has 0 aliphatic rings. The molecule has 0 fully saturated rings. The number of benzene rings is 1. The number of ether oxygens (including phenoxy) is 1. The molecule has 1 N–H and O–H groups in total. The van der Waals surface area contributed by atoms with E-state index in [-0.39, 0.29) is 16.8 Å².